The van der Waals surface area contributed by atoms with E-state index in [2.05, 4.69) is 19.9 Å². The van der Waals surface area contributed by atoms with Crippen molar-refractivity contribution >= 4 is 0 Å². The molecule has 0 bridgehead atoms. The molecule has 1 fully saturated rings. The van der Waals surface area contributed by atoms with Gasteiger partial charge in [0.1, 0.15) is 17.3 Å². The topological polar surface area (TPSA) is 71.1 Å². The molecule has 2 aromatic heterocycles. The number of nitrogens with one attached hydrogen (secondary N) is 1. The molecule has 0 saturated carbocycles. The zero-order valence-corrected chi connectivity index (χ0v) is 16.3. The summed E-state index contributed by atoms with van der Waals surface area (Å²) in [4.78, 5) is 26.1. The Morgan fingerprint density at radius 1 is 1.28 bits per heavy atom. The fraction of sp³-hybridized carbons (Fsp3) is 0.318. The maximum Gasteiger partial charge on any atom is 0.251 e. The molecule has 0 unspecified atom stereocenters. The quantitative estimate of drug-likeness (QED) is 0.719. The third kappa shape index (κ3) is 4.51. The Morgan fingerprint density at radius 2 is 2.17 bits per heavy atom. The van der Waals surface area contributed by atoms with Gasteiger partial charge in [-0.15, -0.1) is 0 Å². The third-order valence-corrected chi connectivity index (χ3v) is 5.24. The van der Waals surface area contributed by atoms with Crippen LogP contribution in [0.5, 0.6) is 5.75 Å². The molecular weight excluding hydrogens is 371 g/mol. The molecule has 1 N–H and O–H groups in total. The molecule has 1 aromatic carbocycles. The number of benzene rings is 1. The van der Waals surface area contributed by atoms with E-state index in [-0.39, 0.29) is 17.3 Å². The Balaban J connectivity index is 1.55. The van der Waals surface area contributed by atoms with E-state index in [1.807, 2.05) is 18.2 Å². The number of hydrogen-bond acceptors (Lipinski definition) is 5. The molecule has 0 radical (unpaired) electrons. The molecule has 0 spiro atoms. The number of aromatic amines is 1. The molecule has 29 heavy (non-hydrogen) atoms. The molecule has 1 saturated heterocycles. The first-order valence-electron chi connectivity index (χ1n) is 9.70. The smallest absolute Gasteiger partial charge is 0.251 e. The summed E-state index contributed by atoms with van der Waals surface area (Å²) in [5.41, 5.74) is 1.81. The first-order chi connectivity index (χ1) is 14.1. The highest BCUT2D eigenvalue weighted by Gasteiger charge is 2.24. The van der Waals surface area contributed by atoms with Gasteiger partial charge < -0.3 is 9.72 Å². The summed E-state index contributed by atoms with van der Waals surface area (Å²) >= 11 is 0. The second-order valence-corrected chi connectivity index (χ2v) is 7.27. The molecule has 150 valence electrons. The standard InChI is InChI=1S/C22H23FN4O2/c1-29-17-7-8-18(23)16(11-17)14-27-10-4-5-15(13-27)20-12-21(28)26-22(25-20)19-6-2-3-9-24-19/h2-3,6-9,11-12,15H,4-5,10,13-14H2,1H3,(H,25,26,28)/t15-/m0/s1. The number of rotatable bonds is 5. The van der Waals surface area contributed by atoms with Crippen molar-refractivity contribution in [2.45, 2.75) is 25.3 Å². The second kappa shape index (κ2) is 8.53. The molecule has 6 nitrogen and oxygen atoms in total. The Morgan fingerprint density at radius 3 is 2.97 bits per heavy atom. The summed E-state index contributed by atoms with van der Waals surface area (Å²) < 4.78 is 19.4. The average molecular weight is 394 g/mol. The first-order valence-corrected chi connectivity index (χ1v) is 9.70. The Kier molecular flexibility index (Phi) is 5.67. The largest absolute Gasteiger partial charge is 0.497 e. The number of halogens is 1. The van der Waals surface area contributed by atoms with E-state index in [4.69, 9.17) is 4.74 Å². The number of ether oxygens (including phenoxy) is 1. The highest BCUT2D eigenvalue weighted by molar-refractivity contribution is 5.48. The van der Waals surface area contributed by atoms with Crippen LogP contribution in [0.4, 0.5) is 4.39 Å². The van der Waals surface area contributed by atoms with Crippen molar-refractivity contribution in [3.05, 3.63) is 76.1 Å². The van der Waals surface area contributed by atoms with Gasteiger partial charge in [0.15, 0.2) is 5.82 Å². The van der Waals surface area contributed by atoms with Crippen LogP contribution in [0.25, 0.3) is 11.5 Å². The highest BCUT2D eigenvalue weighted by Crippen LogP contribution is 2.28. The number of methoxy groups -OCH3 is 1. The lowest BCUT2D eigenvalue weighted by Crippen LogP contribution is -2.35. The SMILES string of the molecule is COc1ccc(F)c(CN2CCC[C@H](c3cc(=O)[nH]c(-c4ccccn4)n3)C2)c1. The van der Waals surface area contributed by atoms with Crippen LogP contribution in [0.2, 0.25) is 0 Å². The molecule has 1 aliphatic heterocycles. The molecule has 3 aromatic rings. The van der Waals surface area contributed by atoms with Gasteiger partial charge in [-0.2, -0.15) is 0 Å². The summed E-state index contributed by atoms with van der Waals surface area (Å²) in [7, 11) is 1.58. The summed E-state index contributed by atoms with van der Waals surface area (Å²) in [6.45, 7) is 2.09. The van der Waals surface area contributed by atoms with Crippen molar-refractivity contribution in [1.82, 2.24) is 19.9 Å². The normalized spacial score (nSPS) is 17.2. The third-order valence-electron chi connectivity index (χ3n) is 5.24. The fourth-order valence-corrected chi connectivity index (χ4v) is 3.79. The summed E-state index contributed by atoms with van der Waals surface area (Å²) in [5, 5.41) is 0. The van der Waals surface area contributed by atoms with Gasteiger partial charge in [-0.3, -0.25) is 14.7 Å². The highest BCUT2D eigenvalue weighted by atomic mass is 19.1. The van der Waals surface area contributed by atoms with E-state index < -0.39 is 0 Å². The van der Waals surface area contributed by atoms with Crippen molar-refractivity contribution < 1.29 is 9.13 Å². The van der Waals surface area contributed by atoms with Crippen LogP contribution < -0.4 is 10.3 Å². The maximum atomic E-state index is 14.2. The molecule has 0 aliphatic carbocycles. The number of H-pyrrole nitrogens is 1. The van der Waals surface area contributed by atoms with Gasteiger partial charge in [0.25, 0.3) is 5.56 Å². The minimum atomic E-state index is -0.236. The van der Waals surface area contributed by atoms with Crippen LogP contribution in [0, 0.1) is 5.82 Å². The van der Waals surface area contributed by atoms with Crippen LogP contribution in [-0.2, 0) is 6.54 Å². The van der Waals surface area contributed by atoms with E-state index in [1.165, 1.54) is 6.07 Å². The van der Waals surface area contributed by atoms with E-state index in [0.717, 1.165) is 31.6 Å². The van der Waals surface area contributed by atoms with Crippen molar-refractivity contribution in [3.8, 4) is 17.3 Å². The lowest BCUT2D eigenvalue weighted by molar-refractivity contribution is 0.196. The molecule has 4 rings (SSSR count). The van der Waals surface area contributed by atoms with Crippen molar-refractivity contribution in [1.29, 1.82) is 0 Å². The summed E-state index contributed by atoms with van der Waals surface area (Å²) in [6.07, 6.45) is 3.58. The Hall–Kier alpha value is -3.06. The van der Waals surface area contributed by atoms with Gasteiger partial charge in [0.2, 0.25) is 0 Å². The number of likely N-dealkylation sites (tertiary alicyclic amines) is 1. The molecule has 7 heteroatoms. The Labute approximate surface area is 168 Å². The van der Waals surface area contributed by atoms with Crippen molar-refractivity contribution in [3.63, 3.8) is 0 Å². The lowest BCUT2D eigenvalue weighted by atomic mass is 9.94. The van der Waals surface area contributed by atoms with E-state index >= 15 is 0 Å². The predicted octanol–water partition coefficient (Wildman–Crippen LogP) is 3.36. The van der Waals surface area contributed by atoms with Crippen LogP contribution >= 0.6 is 0 Å². The van der Waals surface area contributed by atoms with E-state index in [0.29, 0.717) is 29.4 Å². The number of hydrogen-bond donors (Lipinski definition) is 1. The Bertz CT molecular complexity index is 1040. The minimum absolute atomic E-state index is 0.113. The monoisotopic (exact) mass is 394 g/mol. The predicted molar refractivity (Wildman–Crippen MR) is 108 cm³/mol. The summed E-state index contributed by atoms with van der Waals surface area (Å²) in [6, 6.07) is 11.9. The maximum absolute atomic E-state index is 14.2. The van der Waals surface area contributed by atoms with Gasteiger partial charge >= 0.3 is 0 Å². The second-order valence-electron chi connectivity index (χ2n) is 7.27. The van der Waals surface area contributed by atoms with Crippen molar-refractivity contribution in [2.24, 2.45) is 0 Å². The lowest BCUT2D eigenvalue weighted by Gasteiger charge is -2.32. The summed E-state index contributed by atoms with van der Waals surface area (Å²) in [5.74, 6) is 0.997. The molecule has 1 aliphatic rings. The number of aromatic nitrogens is 3. The number of pyridine rings is 1. The molecule has 3 heterocycles. The van der Waals surface area contributed by atoms with Gasteiger partial charge in [0, 0.05) is 36.8 Å². The van der Waals surface area contributed by atoms with E-state index in [1.54, 1.807) is 31.5 Å². The fourth-order valence-electron chi connectivity index (χ4n) is 3.79. The van der Waals surface area contributed by atoms with Crippen LogP contribution in [-0.4, -0.2) is 40.1 Å². The van der Waals surface area contributed by atoms with Crippen molar-refractivity contribution in [2.75, 3.05) is 20.2 Å². The van der Waals surface area contributed by atoms with Gasteiger partial charge in [0.05, 0.1) is 12.8 Å². The van der Waals surface area contributed by atoms with Gasteiger partial charge in [-0.05, 0) is 49.7 Å². The molecule has 0 amide bonds. The number of nitrogens with zero attached hydrogens (tertiary/aromatic N) is 3. The average Bonchev–Trinajstić information content (AvgIpc) is 2.76. The number of piperidine rings is 1. The molecule has 1 atom stereocenters. The molecular formula is C22H23FN4O2. The minimum Gasteiger partial charge on any atom is -0.497 e. The first kappa shape index (κ1) is 19.3. The van der Waals surface area contributed by atoms with Gasteiger partial charge in [-0.25, -0.2) is 9.37 Å². The van der Waals surface area contributed by atoms with Crippen LogP contribution in [0.15, 0.2) is 53.5 Å². The van der Waals surface area contributed by atoms with Crippen LogP contribution in [0.3, 0.4) is 0 Å². The van der Waals surface area contributed by atoms with E-state index in [9.17, 15) is 9.18 Å². The van der Waals surface area contributed by atoms with Crippen LogP contribution in [0.1, 0.15) is 30.0 Å². The van der Waals surface area contributed by atoms with Gasteiger partial charge in [-0.1, -0.05) is 6.07 Å². The zero-order valence-electron chi connectivity index (χ0n) is 16.3. The zero-order chi connectivity index (χ0) is 20.2.